The maximum atomic E-state index is 12.6. The molecule has 0 aliphatic carbocycles. The van der Waals surface area contributed by atoms with Crippen molar-refractivity contribution in [2.24, 2.45) is 0 Å². The summed E-state index contributed by atoms with van der Waals surface area (Å²) in [5, 5.41) is 0. The molecule has 4 nitrogen and oxygen atoms in total. The molecule has 0 saturated carbocycles. The highest BCUT2D eigenvalue weighted by Gasteiger charge is 2.15. The van der Waals surface area contributed by atoms with E-state index in [1.54, 1.807) is 37.3 Å². The molecule has 2 rings (SSSR count). The number of Topliss-reactive ketones (excluding diaryl/α,β-unsaturated/α-hetero) is 1. The van der Waals surface area contributed by atoms with Crippen LogP contribution in [0.15, 0.2) is 42.5 Å². The molecule has 4 heteroatoms. The van der Waals surface area contributed by atoms with E-state index >= 15 is 0 Å². The van der Waals surface area contributed by atoms with Crippen molar-refractivity contribution in [1.82, 2.24) is 4.90 Å². The van der Waals surface area contributed by atoms with Gasteiger partial charge in [0, 0.05) is 24.7 Å². The number of amides is 1. The van der Waals surface area contributed by atoms with Crippen LogP contribution < -0.4 is 4.74 Å². The fourth-order valence-corrected chi connectivity index (χ4v) is 2.68. The predicted molar refractivity (Wildman–Crippen MR) is 99.0 cm³/mol. The molecule has 132 valence electrons. The average Bonchev–Trinajstić information content (AvgIpc) is 2.62. The standard InChI is InChI=1S/C21H25NO3/c1-5-16-6-8-17(9-7-16)14-22(3)21(24)13-19-12-18(15(2)23)10-11-20(19)25-4/h6-12H,5,13-14H2,1-4H3. The SMILES string of the molecule is CCc1ccc(CN(C)C(=O)Cc2cc(C(C)=O)ccc2OC)cc1. The summed E-state index contributed by atoms with van der Waals surface area (Å²) in [6.07, 6.45) is 1.20. The maximum absolute atomic E-state index is 12.6. The van der Waals surface area contributed by atoms with Crippen molar-refractivity contribution in [3.63, 3.8) is 0 Å². The van der Waals surface area contributed by atoms with Crippen LogP contribution in [0, 0.1) is 0 Å². The van der Waals surface area contributed by atoms with Gasteiger partial charge in [-0.3, -0.25) is 9.59 Å². The van der Waals surface area contributed by atoms with Gasteiger partial charge in [0.15, 0.2) is 5.78 Å². The minimum Gasteiger partial charge on any atom is -0.496 e. The Morgan fingerprint density at radius 2 is 1.68 bits per heavy atom. The molecule has 1 amide bonds. The molecule has 0 aliphatic heterocycles. The maximum Gasteiger partial charge on any atom is 0.227 e. The number of ketones is 1. The largest absolute Gasteiger partial charge is 0.496 e. The van der Waals surface area contributed by atoms with Gasteiger partial charge < -0.3 is 9.64 Å². The molecule has 2 aromatic carbocycles. The summed E-state index contributed by atoms with van der Waals surface area (Å²) in [6, 6.07) is 13.5. The first-order valence-electron chi connectivity index (χ1n) is 8.44. The smallest absolute Gasteiger partial charge is 0.227 e. The molecule has 0 atom stereocenters. The van der Waals surface area contributed by atoms with Gasteiger partial charge in [-0.05, 0) is 42.7 Å². The molecular formula is C21H25NO3. The second kappa shape index (κ2) is 8.47. The number of aryl methyl sites for hydroxylation is 1. The van der Waals surface area contributed by atoms with Gasteiger partial charge in [-0.2, -0.15) is 0 Å². The van der Waals surface area contributed by atoms with E-state index in [2.05, 4.69) is 31.2 Å². The summed E-state index contributed by atoms with van der Waals surface area (Å²) in [7, 11) is 3.35. The highest BCUT2D eigenvalue weighted by atomic mass is 16.5. The Hall–Kier alpha value is -2.62. The lowest BCUT2D eigenvalue weighted by atomic mass is 10.0. The number of carbonyl (C=O) groups is 2. The van der Waals surface area contributed by atoms with Gasteiger partial charge in [-0.1, -0.05) is 31.2 Å². The molecule has 0 spiro atoms. The lowest BCUT2D eigenvalue weighted by Crippen LogP contribution is -2.28. The summed E-state index contributed by atoms with van der Waals surface area (Å²) in [5.41, 5.74) is 3.69. The quantitative estimate of drug-likeness (QED) is 0.723. The van der Waals surface area contributed by atoms with Crippen LogP contribution in [0.3, 0.4) is 0 Å². The summed E-state index contributed by atoms with van der Waals surface area (Å²) in [5.74, 6) is 0.582. The molecule has 0 bridgehead atoms. The van der Waals surface area contributed by atoms with Crippen molar-refractivity contribution in [2.45, 2.75) is 33.2 Å². The number of ether oxygens (including phenoxy) is 1. The third-order valence-corrected chi connectivity index (χ3v) is 4.31. The zero-order valence-electron chi connectivity index (χ0n) is 15.3. The van der Waals surface area contributed by atoms with E-state index in [1.165, 1.54) is 12.5 Å². The van der Waals surface area contributed by atoms with Crippen molar-refractivity contribution in [3.05, 3.63) is 64.7 Å². The lowest BCUT2D eigenvalue weighted by molar-refractivity contribution is -0.129. The summed E-state index contributed by atoms with van der Waals surface area (Å²) in [6.45, 7) is 4.18. The number of carbonyl (C=O) groups excluding carboxylic acids is 2. The van der Waals surface area contributed by atoms with Crippen LogP contribution in [-0.4, -0.2) is 30.7 Å². The van der Waals surface area contributed by atoms with E-state index in [-0.39, 0.29) is 18.1 Å². The van der Waals surface area contributed by atoms with Crippen LogP contribution in [0.2, 0.25) is 0 Å². The van der Waals surface area contributed by atoms with Crippen LogP contribution in [-0.2, 0) is 24.2 Å². The van der Waals surface area contributed by atoms with E-state index in [1.807, 2.05) is 0 Å². The minimum atomic E-state index is -0.0271. The first kappa shape index (κ1) is 18.7. The molecular weight excluding hydrogens is 314 g/mol. The topological polar surface area (TPSA) is 46.6 Å². The van der Waals surface area contributed by atoms with Gasteiger partial charge in [0.1, 0.15) is 5.75 Å². The third kappa shape index (κ3) is 4.92. The third-order valence-electron chi connectivity index (χ3n) is 4.31. The van der Waals surface area contributed by atoms with E-state index in [4.69, 9.17) is 4.74 Å². The second-order valence-corrected chi connectivity index (χ2v) is 6.18. The van der Waals surface area contributed by atoms with Crippen molar-refractivity contribution < 1.29 is 14.3 Å². The van der Waals surface area contributed by atoms with Crippen molar-refractivity contribution >= 4 is 11.7 Å². The van der Waals surface area contributed by atoms with Crippen molar-refractivity contribution in [3.8, 4) is 5.75 Å². The highest BCUT2D eigenvalue weighted by molar-refractivity contribution is 5.94. The van der Waals surface area contributed by atoms with Crippen LogP contribution in [0.4, 0.5) is 0 Å². The Labute approximate surface area is 149 Å². The fourth-order valence-electron chi connectivity index (χ4n) is 2.68. The molecule has 0 saturated heterocycles. The van der Waals surface area contributed by atoms with Gasteiger partial charge in [0.05, 0.1) is 13.5 Å². The second-order valence-electron chi connectivity index (χ2n) is 6.18. The van der Waals surface area contributed by atoms with Crippen molar-refractivity contribution in [2.75, 3.05) is 14.2 Å². The number of rotatable bonds is 7. The van der Waals surface area contributed by atoms with Crippen LogP contribution in [0.25, 0.3) is 0 Å². The molecule has 0 radical (unpaired) electrons. The van der Waals surface area contributed by atoms with Gasteiger partial charge in [-0.15, -0.1) is 0 Å². The minimum absolute atomic E-state index is 0.0152. The molecule has 2 aromatic rings. The number of methoxy groups -OCH3 is 1. The molecule has 0 unspecified atom stereocenters. The van der Waals surface area contributed by atoms with Gasteiger partial charge in [0.2, 0.25) is 5.91 Å². The van der Waals surface area contributed by atoms with Crippen molar-refractivity contribution in [1.29, 1.82) is 0 Å². The number of hydrogen-bond donors (Lipinski definition) is 0. The molecule has 0 aliphatic rings. The predicted octanol–water partition coefficient (Wildman–Crippen LogP) is 3.66. The number of nitrogens with zero attached hydrogens (tertiary/aromatic N) is 1. The van der Waals surface area contributed by atoms with E-state index in [9.17, 15) is 9.59 Å². The Morgan fingerprint density at radius 1 is 1.04 bits per heavy atom. The number of likely N-dealkylation sites (N-methyl/N-ethyl adjacent to an activating group) is 1. The molecule has 0 fully saturated rings. The van der Waals surface area contributed by atoms with Crippen LogP contribution >= 0.6 is 0 Å². The Balaban J connectivity index is 2.09. The first-order valence-corrected chi connectivity index (χ1v) is 8.44. The molecule has 0 aromatic heterocycles. The normalized spacial score (nSPS) is 10.4. The number of benzene rings is 2. The molecule has 0 heterocycles. The van der Waals surface area contributed by atoms with Crippen LogP contribution in [0.1, 0.15) is 40.9 Å². The van der Waals surface area contributed by atoms with E-state index in [0.29, 0.717) is 17.9 Å². The van der Waals surface area contributed by atoms with E-state index < -0.39 is 0 Å². The monoisotopic (exact) mass is 339 g/mol. The summed E-state index contributed by atoms with van der Waals surface area (Å²) < 4.78 is 5.32. The zero-order valence-corrected chi connectivity index (χ0v) is 15.3. The van der Waals surface area contributed by atoms with Crippen LogP contribution in [0.5, 0.6) is 5.75 Å². The summed E-state index contributed by atoms with van der Waals surface area (Å²) >= 11 is 0. The number of hydrogen-bond acceptors (Lipinski definition) is 3. The molecule has 0 N–H and O–H groups in total. The molecule has 25 heavy (non-hydrogen) atoms. The van der Waals surface area contributed by atoms with Gasteiger partial charge in [0.25, 0.3) is 0 Å². The zero-order chi connectivity index (χ0) is 18.4. The average molecular weight is 339 g/mol. The van der Waals surface area contributed by atoms with Gasteiger partial charge >= 0.3 is 0 Å². The highest BCUT2D eigenvalue weighted by Crippen LogP contribution is 2.21. The lowest BCUT2D eigenvalue weighted by Gasteiger charge is -2.18. The van der Waals surface area contributed by atoms with Gasteiger partial charge in [-0.25, -0.2) is 0 Å². The van der Waals surface area contributed by atoms with E-state index in [0.717, 1.165) is 17.5 Å². The first-order chi connectivity index (χ1) is 11.9. The summed E-state index contributed by atoms with van der Waals surface area (Å²) in [4.78, 5) is 25.8. The Kier molecular flexibility index (Phi) is 6.34. The Morgan fingerprint density at radius 3 is 2.24 bits per heavy atom. The fraction of sp³-hybridized carbons (Fsp3) is 0.333. The Bertz CT molecular complexity index is 750.